The van der Waals surface area contributed by atoms with Gasteiger partial charge in [0.2, 0.25) is 0 Å². The van der Waals surface area contributed by atoms with E-state index < -0.39 is 0 Å². The molecule has 31 heavy (non-hydrogen) atoms. The van der Waals surface area contributed by atoms with E-state index in [-0.39, 0.29) is 5.91 Å². The van der Waals surface area contributed by atoms with Gasteiger partial charge in [-0.1, -0.05) is 16.4 Å². The van der Waals surface area contributed by atoms with Crippen molar-refractivity contribution < 1.29 is 13.8 Å². The van der Waals surface area contributed by atoms with E-state index in [9.17, 15) is 4.79 Å². The quantitative estimate of drug-likeness (QED) is 0.363. The van der Waals surface area contributed by atoms with E-state index in [4.69, 9.17) is 9.05 Å². The van der Waals surface area contributed by atoms with Crippen LogP contribution in [0.25, 0.3) is 10.6 Å². The predicted molar refractivity (Wildman–Crippen MR) is 115 cm³/mol. The third-order valence-corrected chi connectivity index (χ3v) is 5.55. The van der Waals surface area contributed by atoms with E-state index >= 15 is 0 Å². The molecule has 0 radical (unpaired) electrons. The second-order valence-electron chi connectivity index (χ2n) is 7.33. The number of carbonyl (C=O) groups excluding carboxylic acids is 1. The van der Waals surface area contributed by atoms with Crippen LogP contribution in [0.5, 0.6) is 0 Å². The van der Waals surface area contributed by atoms with E-state index in [0.29, 0.717) is 25.3 Å². The molecule has 162 valence electrons. The molecule has 0 saturated carbocycles. The summed E-state index contributed by atoms with van der Waals surface area (Å²) in [6, 6.07) is 9.56. The molecular weight excluding hydrogens is 416 g/mol. The molecule has 0 spiro atoms. The number of aromatic nitrogens is 4. The number of H-pyrrole nitrogens is 1. The van der Waals surface area contributed by atoms with E-state index in [1.54, 1.807) is 17.4 Å². The monoisotopic (exact) mass is 440 g/mol. The van der Waals surface area contributed by atoms with Gasteiger partial charge < -0.3 is 14.4 Å². The molecule has 4 aromatic heterocycles. The average Bonchev–Trinajstić information content (AvgIpc) is 3.53. The maximum Gasteiger partial charge on any atom is 0.271 e. The molecule has 4 heterocycles. The van der Waals surface area contributed by atoms with Gasteiger partial charge in [-0.3, -0.25) is 14.8 Å². The number of aromatic amines is 1. The fourth-order valence-electron chi connectivity index (χ4n) is 3.23. The Kier molecular flexibility index (Phi) is 6.58. The number of rotatable bonds is 10. The van der Waals surface area contributed by atoms with E-state index in [0.717, 1.165) is 46.4 Å². The molecule has 4 aromatic rings. The maximum atomic E-state index is 12.4. The van der Waals surface area contributed by atoms with Gasteiger partial charge >= 0.3 is 0 Å². The molecule has 0 aromatic carbocycles. The topological polar surface area (TPSA) is 113 Å². The summed E-state index contributed by atoms with van der Waals surface area (Å²) in [6.45, 7) is 6.25. The van der Waals surface area contributed by atoms with Crippen LogP contribution >= 0.6 is 11.3 Å². The number of hydrogen-bond donors (Lipinski definition) is 2. The van der Waals surface area contributed by atoms with Gasteiger partial charge in [-0.25, -0.2) is 0 Å². The summed E-state index contributed by atoms with van der Waals surface area (Å²) >= 11 is 1.60. The van der Waals surface area contributed by atoms with Crippen molar-refractivity contribution in [2.75, 3.05) is 13.1 Å². The highest BCUT2D eigenvalue weighted by Crippen LogP contribution is 2.22. The van der Waals surface area contributed by atoms with Crippen molar-refractivity contribution in [2.45, 2.75) is 33.4 Å². The predicted octanol–water partition coefficient (Wildman–Crippen LogP) is 3.55. The summed E-state index contributed by atoms with van der Waals surface area (Å²) in [4.78, 5) is 15.6. The van der Waals surface area contributed by atoms with Crippen LogP contribution in [0.2, 0.25) is 0 Å². The molecule has 0 bridgehead atoms. The summed E-state index contributed by atoms with van der Waals surface area (Å²) in [7, 11) is 0. The van der Waals surface area contributed by atoms with Crippen molar-refractivity contribution >= 4 is 17.2 Å². The molecule has 9 nitrogen and oxygen atoms in total. The Labute approximate surface area is 183 Å². The zero-order valence-electron chi connectivity index (χ0n) is 17.4. The summed E-state index contributed by atoms with van der Waals surface area (Å²) in [5.41, 5.74) is 2.92. The first-order chi connectivity index (χ1) is 15.1. The van der Waals surface area contributed by atoms with Crippen molar-refractivity contribution in [3.63, 3.8) is 0 Å². The van der Waals surface area contributed by atoms with Crippen LogP contribution < -0.4 is 5.32 Å². The van der Waals surface area contributed by atoms with Crippen LogP contribution in [-0.4, -0.2) is 44.4 Å². The van der Waals surface area contributed by atoms with Gasteiger partial charge in [0.15, 0.2) is 17.2 Å². The van der Waals surface area contributed by atoms with Gasteiger partial charge in [0.1, 0.15) is 0 Å². The Balaban J connectivity index is 1.29. The number of nitrogens with zero attached hydrogens (tertiary/aromatic N) is 4. The van der Waals surface area contributed by atoms with Gasteiger partial charge in [0.05, 0.1) is 35.0 Å². The lowest BCUT2D eigenvalue weighted by Crippen LogP contribution is -2.29. The summed E-state index contributed by atoms with van der Waals surface area (Å²) in [5, 5.41) is 19.9. The van der Waals surface area contributed by atoms with E-state index in [1.165, 1.54) is 0 Å². The number of hydrogen-bond acceptors (Lipinski definition) is 8. The van der Waals surface area contributed by atoms with Crippen molar-refractivity contribution in [1.82, 2.24) is 30.7 Å². The van der Waals surface area contributed by atoms with Crippen LogP contribution in [0.3, 0.4) is 0 Å². The fraction of sp³-hybridized carbons (Fsp3) is 0.333. The molecule has 0 saturated heterocycles. The van der Waals surface area contributed by atoms with Crippen molar-refractivity contribution in [2.24, 2.45) is 0 Å². The lowest BCUT2D eigenvalue weighted by Gasteiger charge is -2.19. The molecule has 2 N–H and O–H groups in total. The second-order valence-corrected chi connectivity index (χ2v) is 8.28. The van der Waals surface area contributed by atoms with Gasteiger partial charge in [-0.15, -0.1) is 11.3 Å². The van der Waals surface area contributed by atoms with Crippen molar-refractivity contribution in [1.29, 1.82) is 0 Å². The summed E-state index contributed by atoms with van der Waals surface area (Å²) in [5.74, 6) is 1.38. The number of carbonyl (C=O) groups is 1. The molecular formula is C21H24N6O3S. The highest BCUT2D eigenvalue weighted by atomic mass is 32.1. The zero-order valence-corrected chi connectivity index (χ0v) is 18.2. The molecule has 0 unspecified atom stereocenters. The minimum absolute atomic E-state index is 0.192. The molecule has 1 amide bonds. The van der Waals surface area contributed by atoms with Crippen LogP contribution in [0, 0.1) is 13.8 Å². The van der Waals surface area contributed by atoms with Crippen molar-refractivity contribution in [3.8, 4) is 10.6 Å². The Hall–Kier alpha value is -3.24. The normalized spacial score (nSPS) is 11.3. The number of amides is 1. The SMILES string of the molecule is Cc1cc(CN(CCCNC(=O)c2cc(-c3cccs3)[nH]n2)Cc2cc(C)no2)on1. The van der Waals surface area contributed by atoms with Gasteiger partial charge in [-0.05, 0) is 37.8 Å². The average molecular weight is 441 g/mol. The second kappa shape index (κ2) is 9.71. The third-order valence-electron chi connectivity index (χ3n) is 4.65. The maximum absolute atomic E-state index is 12.4. The Morgan fingerprint density at radius 1 is 1.13 bits per heavy atom. The molecule has 10 heteroatoms. The van der Waals surface area contributed by atoms with Crippen LogP contribution in [-0.2, 0) is 13.1 Å². The third kappa shape index (κ3) is 5.68. The minimum Gasteiger partial charge on any atom is -0.360 e. The van der Waals surface area contributed by atoms with Crippen molar-refractivity contribution in [3.05, 3.63) is 64.3 Å². The molecule has 4 rings (SSSR count). The van der Waals surface area contributed by atoms with E-state index in [1.807, 2.05) is 43.5 Å². The first kappa shape index (κ1) is 21.0. The number of nitrogens with one attached hydrogen (secondary N) is 2. The lowest BCUT2D eigenvalue weighted by molar-refractivity contribution is 0.0945. The van der Waals surface area contributed by atoms with Crippen LogP contribution in [0.4, 0.5) is 0 Å². The fourth-order valence-corrected chi connectivity index (χ4v) is 3.92. The first-order valence-electron chi connectivity index (χ1n) is 10.0. The molecule has 0 atom stereocenters. The number of aryl methyl sites for hydroxylation is 2. The van der Waals surface area contributed by atoms with Gasteiger partial charge in [0.25, 0.3) is 5.91 Å². The zero-order chi connectivity index (χ0) is 21.6. The standard InChI is InChI=1S/C21H24N6O3S/c1-14-9-16(29-25-14)12-27(13-17-10-15(2)26-30-17)7-4-6-22-21(28)19-11-18(23-24-19)20-5-3-8-31-20/h3,5,8-11H,4,6-7,12-13H2,1-2H3,(H,22,28)(H,23,24). The van der Waals surface area contributed by atoms with Crippen LogP contribution in [0.15, 0.2) is 44.8 Å². The summed E-state index contributed by atoms with van der Waals surface area (Å²) < 4.78 is 10.7. The Morgan fingerprint density at radius 2 is 1.84 bits per heavy atom. The highest BCUT2D eigenvalue weighted by molar-refractivity contribution is 7.13. The molecule has 0 aliphatic carbocycles. The summed E-state index contributed by atoms with van der Waals surface area (Å²) in [6.07, 6.45) is 0.758. The van der Waals surface area contributed by atoms with Gasteiger partial charge in [-0.2, -0.15) is 5.10 Å². The molecule has 0 fully saturated rings. The Morgan fingerprint density at radius 3 is 2.42 bits per heavy atom. The van der Waals surface area contributed by atoms with Crippen LogP contribution in [0.1, 0.15) is 39.8 Å². The Bertz CT molecular complexity index is 1070. The van der Waals surface area contributed by atoms with E-state index in [2.05, 4.69) is 30.7 Å². The lowest BCUT2D eigenvalue weighted by atomic mass is 10.2. The molecule has 0 aliphatic heterocycles. The smallest absolute Gasteiger partial charge is 0.271 e. The minimum atomic E-state index is -0.192. The van der Waals surface area contributed by atoms with Gasteiger partial charge in [0, 0.05) is 25.2 Å². The molecule has 0 aliphatic rings. The first-order valence-corrected chi connectivity index (χ1v) is 10.9. The number of thiophene rings is 1. The highest BCUT2D eigenvalue weighted by Gasteiger charge is 2.15. The largest absolute Gasteiger partial charge is 0.360 e.